The molecule has 34 heavy (non-hydrogen) atoms. The smallest absolute Gasteiger partial charge is 0.356 e. The average molecular weight is 457 g/mol. The second kappa shape index (κ2) is 8.07. The molecule has 1 fully saturated rings. The fraction of sp³-hybridized carbons (Fsp3) is 0.292. The summed E-state index contributed by atoms with van der Waals surface area (Å²) in [6.45, 7) is 1.82. The zero-order chi connectivity index (χ0) is 23.2. The predicted molar refractivity (Wildman–Crippen MR) is 126 cm³/mol. The summed E-state index contributed by atoms with van der Waals surface area (Å²) in [6, 6.07) is 11.3. The first-order valence-electron chi connectivity index (χ1n) is 11.3. The van der Waals surface area contributed by atoms with E-state index in [-0.39, 0.29) is 17.3 Å². The van der Waals surface area contributed by atoms with Crippen molar-refractivity contribution in [1.29, 1.82) is 0 Å². The number of aromatic nitrogens is 5. The average Bonchev–Trinajstić information content (AvgIpc) is 3.67. The molecule has 0 amide bonds. The van der Waals surface area contributed by atoms with E-state index in [1.54, 1.807) is 33.8 Å². The minimum absolute atomic E-state index is 0.0647. The molecule has 0 atom stereocenters. The largest absolute Gasteiger partial charge is 0.464 e. The Balaban J connectivity index is 1.46. The molecule has 6 rings (SSSR count). The first-order chi connectivity index (χ1) is 16.6. The van der Waals surface area contributed by atoms with Gasteiger partial charge in [-0.15, -0.1) is 0 Å². The Morgan fingerprint density at radius 1 is 1.18 bits per heavy atom. The summed E-state index contributed by atoms with van der Waals surface area (Å²) in [6.07, 6.45) is 4.35. The van der Waals surface area contributed by atoms with Gasteiger partial charge in [-0.3, -0.25) is 4.79 Å². The molecule has 10 heteroatoms. The molecular weight excluding hydrogens is 434 g/mol. The zero-order valence-electron chi connectivity index (χ0n) is 18.6. The van der Waals surface area contributed by atoms with Gasteiger partial charge in [-0.05, 0) is 61.2 Å². The van der Waals surface area contributed by atoms with E-state index < -0.39 is 5.97 Å². The SMILES string of the molecule is COC(=O)c1cccc(-n2c3nc(Nc4ccc5c(c4)CNCC5)ncc3c(=O)n2C2CC2)n1. The minimum Gasteiger partial charge on any atom is -0.464 e. The number of nitrogens with zero attached hydrogens (tertiary/aromatic N) is 5. The van der Waals surface area contributed by atoms with E-state index in [9.17, 15) is 9.59 Å². The van der Waals surface area contributed by atoms with E-state index in [2.05, 4.69) is 32.7 Å². The van der Waals surface area contributed by atoms with Crippen molar-refractivity contribution < 1.29 is 9.53 Å². The lowest BCUT2D eigenvalue weighted by Crippen LogP contribution is -2.23. The fourth-order valence-electron chi connectivity index (χ4n) is 4.38. The van der Waals surface area contributed by atoms with E-state index in [1.165, 1.54) is 18.2 Å². The lowest BCUT2D eigenvalue weighted by Gasteiger charge is -2.18. The highest BCUT2D eigenvalue weighted by Gasteiger charge is 2.31. The second-order valence-corrected chi connectivity index (χ2v) is 8.53. The molecular formula is C24H23N7O3. The van der Waals surface area contributed by atoms with Crippen LogP contribution in [-0.4, -0.2) is 43.9 Å². The number of rotatable bonds is 5. The summed E-state index contributed by atoms with van der Waals surface area (Å²) in [5, 5.41) is 7.05. The zero-order valence-corrected chi connectivity index (χ0v) is 18.6. The Hall–Kier alpha value is -4.05. The molecule has 1 saturated carbocycles. The van der Waals surface area contributed by atoms with Crippen LogP contribution in [0.1, 0.15) is 40.5 Å². The number of carbonyl (C=O) groups is 1. The third-order valence-corrected chi connectivity index (χ3v) is 6.21. The highest BCUT2D eigenvalue weighted by Crippen LogP contribution is 2.35. The van der Waals surface area contributed by atoms with Crippen LogP contribution in [0.25, 0.3) is 16.9 Å². The number of nitrogens with one attached hydrogen (secondary N) is 2. The number of methoxy groups -OCH3 is 1. The van der Waals surface area contributed by atoms with Gasteiger partial charge >= 0.3 is 5.97 Å². The van der Waals surface area contributed by atoms with Gasteiger partial charge in [-0.1, -0.05) is 12.1 Å². The third-order valence-electron chi connectivity index (χ3n) is 6.21. The number of benzene rings is 1. The van der Waals surface area contributed by atoms with Crippen molar-refractivity contribution in [2.45, 2.75) is 31.8 Å². The number of hydrogen-bond acceptors (Lipinski definition) is 8. The van der Waals surface area contributed by atoms with Gasteiger partial charge in [0.15, 0.2) is 17.2 Å². The molecule has 0 bridgehead atoms. The molecule has 4 heterocycles. The number of fused-ring (bicyclic) bond motifs is 2. The van der Waals surface area contributed by atoms with Gasteiger partial charge < -0.3 is 15.4 Å². The lowest BCUT2D eigenvalue weighted by molar-refractivity contribution is 0.0594. The molecule has 1 aliphatic carbocycles. The van der Waals surface area contributed by atoms with E-state index in [4.69, 9.17) is 9.72 Å². The van der Waals surface area contributed by atoms with Gasteiger partial charge in [-0.2, -0.15) is 4.98 Å². The number of esters is 1. The van der Waals surface area contributed by atoms with Gasteiger partial charge in [0.05, 0.1) is 13.2 Å². The van der Waals surface area contributed by atoms with Crippen molar-refractivity contribution in [1.82, 2.24) is 29.6 Å². The predicted octanol–water partition coefficient (Wildman–Crippen LogP) is 2.49. The summed E-state index contributed by atoms with van der Waals surface area (Å²) in [5.74, 6) is 0.256. The van der Waals surface area contributed by atoms with Crippen LogP contribution in [0.4, 0.5) is 11.6 Å². The van der Waals surface area contributed by atoms with Crippen molar-refractivity contribution in [2.24, 2.45) is 0 Å². The third kappa shape index (κ3) is 3.52. The molecule has 2 N–H and O–H groups in total. The Kier molecular flexibility index (Phi) is 4.88. The monoisotopic (exact) mass is 457 g/mol. The molecule has 172 valence electrons. The van der Waals surface area contributed by atoms with Crippen LogP contribution in [-0.2, 0) is 17.7 Å². The number of hydrogen-bond donors (Lipinski definition) is 2. The molecule has 1 aromatic carbocycles. The fourth-order valence-corrected chi connectivity index (χ4v) is 4.38. The van der Waals surface area contributed by atoms with Gasteiger partial charge in [0.2, 0.25) is 5.95 Å². The standard InChI is InChI=1S/C24H23N7O3/c1-34-23(33)19-3-2-4-20(28-19)31-21-18(22(32)30(31)17-7-8-17)13-26-24(29-21)27-16-6-5-14-9-10-25-12-15(14)11-16/h2-6,11,13,17,25H,7-10,12H2,1H3,(H,26,27,29). The van der Waals surface area contributed by atoms with Crippen molar-refractivity contribution in [2.75, 3.05) is 19.0 Å². The summed E-state index contributed by atoms with van der Waals surface area (Å²) in [5.41, 5.74) is 3.89. The Morgan fingerprint density at radius 3 is 2.88 bits per heavy atom. The topological polar surface area (TPSA) is 116 Å². The van der Waals surface area contributed by atoms with Gasteiger partial charge in [0.1, 0.15) is 5.39 Å². The maximum absolute atomic E-state index is 13.2. The highest BCUT2D eigenvalue weighted by molar-refractivity contribution is 5.87. The van der Waals surface area contributed by atoms with Crippen LogP contribution in [0.3, 0.4) is 0 Å². The van der Waals surface area contributed by atoms with Crippen LogP contribution < -0.4 is 16.2 Å². The van der Waals surface area contributed by atoms with Crippen LogP contribution in [0.2, 0.25) is 0 Å². The van der Waals surface area contributed by atoms with Crippen LogP contribution in [0, 0.1) is 0 Å². The number of carbonyl (C=O) groups excluding carboxylic acids is 1. The number of ether oxygens (including phenoxy) is 1. The Labute approximate surface area is 194 Å². The number of pyridine rings is 1. The first kappa shape index (κ1) is 20.5. The first-order valence-corrected chi connectivity index (χ1v) is 11.3. The normalized spacial score (nSPS) is 15.2. The maximum Gasteiger partial charge on any atom is 0.356 e. The van der Waals surface area contributed by atoms with Gasteiger partial charge in [-0.25, -0.2) is 24.1 Å². The quantitative estimate of drug-likeness (QED) is 0.439. The Bertz CT molecular complexity index is 1490. The van der Waals surface area contributed by atoms with Crippen molar-refractivity contribution in [3.05, 3.63) is 69.8 Å². The highest BCUT2D eigenvalue weighted by atomic mass is 16.5. The van der Waals surface area contributed by atoms with Crippen LogP contribution >= 0.6 is 0 Å². The molecule has 0 unspecified atom stereocenters. The molecule has 0 saturated heterocycles. The van der Waals surface area contributed by atoms with Crippen LogP contribution in [0.15, 0.2) is 47.4 Å². The summed E-state index contributed by atoms with van der Waals surface area (Å²) >= 11 is 0. The maximum atomic E-state index is 13.2. The van der Waals surface area contributed by atoms with Crippen molar-refractivity contribution in [3.63, 3.8) is 0 Å². The molecule has 0 spiro atoms. The summed E-state index contributed by atoms with van der Waals surface area (Å²) < 4.78 is 8.17. The van der Waals surface area contributed by atoms with E-state index in [0.717, 1.165) is 38.0 Å². The minimum atomic E-state index is -0.544. The molecule has 0 radical (unpaired) electrons. The van der Waals surface area contributed by atoms with Crippen molar-refractivity contribution in [3.8, 4) is 5.82 Å². The van der Waals surface area contributed by atoms with Crippen molar-refractivity contribution >= 4 is 28.6 Å². The molecule has 1 aliphatic heterocycles. The van der Waals surface area contributed by atoms with Gasteiger partial charge in [0, 0.05) is 18.4 Å². The van der Waals surface area contributed by atoms with E-state index in [1.807, 2.05) is 6.07 Å². The second-order valence-electron chi connectivity index (χ2n) is 8.53. The summed E-state index contributed by atoms with van der Waals surface area (Å²) in [4.78, 5) is 38.8. The van der Waals surface area contributed by atoms with Gasteiger partial charge in [0.25, 0.3) is 5.56 Å². The van der Waals surface area contributed by atoms with E-state index >= 15 is 0 Å². The molecule has 2 aliphatic rings. The van der Waals surface area contributed by atoms with E-state index in [0.29, 0.717) is 22.8 Å². The van der Waals surface area contributed by atoms with Crippen LogP contribution in [0.5, 0.6) is 0 Å². The molecule has 4 aromatic rings. The molecule has 3 aromatic heterocycles. The number of anilines is 2. The summed E-state index contributed by atoms with van der Waals surface area (Å²) in [7, 11) is 1.31. The lowest BCUT2D eigenvalue weighted by atomic mass is 10.0. The molecule has 10 nitrogen and oxygen atoms in total. The Morgan fingerprint density at radius 2 is 2.06 bits per heavy atom.